The van der Waals surface area contributed by atoms with Crippen LogP contribution in [-0.4, -0.2) is 19.5 Å². The Bertz CT molecular complexity index is 4740. The Morgan fingerprint density at radius 2 is 1.01 bits per heavy atom. The number of anilines is 11. The number of fused-ring (bicyclic) bond motifs is 8. The fourth-order valence-electron chi connectivity index (χ4n) is 15.5. The molecule has 0 bridgehead atoms. The monoisotopic (exact) mass is 1180 g/mol. The lowest BCUT2D eigenvalue weighted by atomic mass is 9.31. The zero-order valence-electron chi connectivity index (χ0n) is 52.6. The van der Waals surface area contributed by atoms with Crippen molar-refractivity contribution in [3.63, 3.8) is 0 Å². The van der Waals surface area contributed by atoms with E-state index in [1.807, 2.05) is 11.8 Å². The van der Waals surface area contributed by atoms with Crippen molar-refractivity contribution in [2.45, 2.75) is 83.6 Å². The zero-order chi connectivity index (χ0) is 61.3. The van der Waals surface area contributed by atoms with E-state index in [0.29, 0.717) is 0 Å². The van der Waals surface area contributed by atoms with Gasteiger partial charge in [-0.15, -0.1) is 0 Å². The summed E-state index contributed by atoms with van der Waals surface area (Å²) in [4.78, 5) is 12.8. The molecule has 0 spiro atoms. The van der Waals surface area contributed by atoms with Gasteiger partial charge < -0.3 is 24.3 Å². The third kappa shape index (κ3) is 8.92. The molecule has 5 aliphatic rings. The Kier molecular flexibility index (Phi) is 13.3. The molecule has 2 atom stereocenters. The minimum Gasteiger partial charge on any atom is -0.458 e. The highest BCUT2D eigenvalue weighted by Crippen LogP contribution is 2.52. The van der Waals surface area contributed by atoms with E-state index in [2.05, 4.69) is 331 Å². The van der Waals surface area contributed by atoms with Crippen LogP contribution in [-0.2, 0) is 5.41 Å². The van der Waals surface area contributed by atoms with Gasteiger partial charge in [0.25, 0.3) is 6.71 Å². The summed E-state index contributed by atoms with van der Waals surface area (Å²) >= 11 is 1.94. The van der Waals surface area contributed by atoms with E-state index in [-0.39, 0.29) is 30.8 Å². The topological polar surface area (TPSA) is 22.2 Å². The molecule has 16 rings (SSSR count). The van der Waals surface area contributed by atoms with Crippen molar-refractivity contribution in [1.82, 2.24) is 0 Å². The molecule has 4 heterocycles. The Morgan fingerprint density at radius 1 is 0.444 bits per heavy atom. The number of hydrogen-bond acceptors (Lipinski definition) is 6. The summed E-state index contributed by atoms with van der Waals surface area (Å²) < 4.78 is 7.40. The van der Waals surface area contributed by atoms with Crippen LogP contribution in [0.15, 0.2) is 264 Å². The summed E-state index contributed by atoms with van der Waals surface area (Å²) in [5.41, 5.74) is 30.0. The smallest absolute Gasteiger partial charge is 0.256 e. The molecule has 2 unspecified atom stereocenters. The number of ether oxygens (including phenoxy) is 1. The third-order valence-electron chi connectivity index (χ3n) is 19.6. The quantitative estimate of drug-likeness (QED) is 0.133. The Balaban J connectivity index is 0.991. The fraction of sp³-hybridized carbons (Fsp3) is 0.146. The van der Waals surface area contributed by atoms with Gasteiger partial charge in [-0.25, -0.2) is 0 Å². The van der Waals surface area contributed by atoms with Crippen LogP contribution in [0.25, 0.3) is 11.1 Å². The van der Waals surface area contributed by atoms with Crippen LogP contribution in [0.1, 0.15) is 62.4 Å². The summed E-state index contributed by atoms with van der Waals surface area (Å²) in [6, 6.07) is 86.8. The van der Waals surface area contributed by atoms with Gasteiger partial charge in [0.2, 0.25) is 6.71 Å². The molecule has 0 amide bonds. The SMILES string of the molecule is CC1=CC=CC(C)C1N1c2ccccc2B2c3cc4c(cc3Sc3cc(N(c5ccccc5)c5c(C)cccc5C)cc1c32)N(c1ccccc1-c1ccc(C(C)(C)C)cc1)c1cc(N(c2ccccc2)c2c(C)cccc2C)cc2c1B4c1ccccc1O2. The number of benzene rings is 11. The zero-order valence-corrected chi connectivity index (χ0v) is 53.4. The summed E-state index contributed by atoms with van der Waals surface area (Å²) in [5, 5.41) is 0. The average molecular weight is 1180 g/mol. The number of allylic oxidation sites excluding steroid dienone is 2. The second kappa shape index (κ2) is 21.6. The van der Waals surface area contributed by atoms with Crippen LogP contribution in [0.4, 0.5) is 62.6 Å². The maximum atomic E-state index is 7.40. The van der Waals surface area contributed by atoms with E-state index >= 15 is 0 Å². The maximum Gasteiger partial charge on any atom is 0.256 e. The first kappa shape index (κ1) is 55.7. The largest absolute Gasteiger partial charge is 0.458 e. The first-order valence-electron chi connectivity index (χ1n) is 31.8. The third-order valence-corrected chi connectivity index (χ3v) is 20.7. The highest BCUT2D eigenvalue weighted by Gasteiger charge is 2.48. The molecule has 1 aliphatic carbocycles. The first-order valence-corrected chi connectivity index (χ1v) is 32.6. The van der Waals surface area contributed by atoms with Crippen LogP contribution < -0.4 is 57.1 Å². The minimum absolute atomic E-state index is 0.00366. The molecule has 8 heteroatoms. The number of aryl methyl sites for hydroxylation is 4. The lowest BCUT2D eigenvalue weighted by Gasteiger charge is -2.47. The second-order valence-corrected chi connectivity index (χ2v) is 27.4. The first-order chi connectivity index (χ1) is 43.8. The van der Waals surface area contributed by atoms with E-state index in [0.717, 1.165) is 68.0 Å². The second-order valence-electron chi connectivity index (χ2n) is 26.3. The van der Waals surface area contributed by atoms with Gasteiger partial charge in [0.15, 0.2) is 0 Å². The Labute approximate surface area is 535 Å². The van der Waals surface area contributed by atoms with Gasteiger partial charge in [0.05, 0.1) is 28.8 Å². The fourth-order valence-corrected chi connectivity index (χ4v) is 16.7. The van der Waals surface area contributed by atoms with Crippen LogP contribution in [0, 0.1) is 33.6 Å². The lowest BCUT2D eigenvalue weighted by Crippen LogP contribution is -2.64. The van der Waals surface area contributed by atoms with Crippen LogP contribution in [0.2, 0.25) is 0 Å². The van der Waals surface area contributed by atoms with Crippen LogP contribution >= 0.6 is 11.8 Å². The molecule has 436 valence electrons. The van der Waals surface area contributed by atoms with Gasteiger partial charge in [0, 0.05) is 61.2 Å². The average Bonchev–Trinajstić information content (AvgIpc) is 0.701. The maximum absolute atomic E-state index is 7.40. The van der Waals surface area contributed by atoms with E-state index in [9.17, 15) is 0 Å². The standard InChI is InChI=1S/C82H70B2N4OS/c1-51-25-22-26-52(2)79(51)85(59-31-12-10-13-32-59)61-45-71-77-74(47-61)89-73-40-21-18-37-65(73)84(77)66-49-67-75(50-70(66)87(71)68-38-19-16-35-63(68)57-41-43-58(44-42-57)82(7,8)9)90-76-48-62(86(60-33-14-11-15-34-60)80-53(3)27-23-28-54(80)4)46-72-78(76)83(67)64-36-17-20-39-69(64)88(72)81-55(5)29-24-30-56(81)6/h10-50,55,81H,1-9H3. The minimum atomic E-state index is -0.155. The van der Waals surface area contributed by atoms with Crippen molar-refractivity contribution >= 4 is 121 Å². The molecule has 90 heavy (non-hydrogen) atoms. The van der Waals surface area contributed by atoms with Gasteiger partial charge in [-0.05, 0) is 173 Å². The van der Waals surface area contributed by atoms with Crippen molar-refractivity contribution in [2.24, 2.45) is 5.92 Å². The molecule has 11 aromatic rings. The van der Waals surface area contributed by atoms with Crippen molar-refractivity contribution < 1.29 is 4.74 Å². The molecule has 0 saturated heterocycles. The van der Waals surface area contributed by atoms with E-state index in [4.69, 9.17) is 4.74 Å². The van der Waals surface area contributed by atoms with Gasteiger partial charge in [-0.2, -0.15) is 0 Å². The number of rotatable bonds is 9. The summed E-state index contributed by atoms with van der Waals surface area (Å²) in [6.45, 7) is 20.3. The predicted molar refractivity (Wildman–Crippen MR) is 384 cm³/mol. The molecular weight excluding hydrogens is 1110 g/mol. The van der Waals surface area contributed by atoms with Crippen LogP contribution in [0.3, 0.4) is 0 Å². The Hall–Kier alpha value is -9.62. The molecule has 11 aromatic carbocycles. The number of hydrogen-bond donors (Lipinski definition) is 0. The molecule has 0 N–H and O–H groups in total. The van der Waals surface area contributed by atoms with Crippen LogP contribution in [0.5, 0.6) is 11.5 Å². The molecule has 0 aromatic heterocycles. The van der Waals surface area contributed by atoms with Crippen molar-refractivity contribution in [1.29, 1.82) is 0 Å². The number of para-hydroxylation sites is 7. The Morgan fingerprint density at radius 3 is 1.66 bits per heavy atom. The number of nitrogens with zero attached hydrogens (tertiary/aromatic N) is 4. The summed E-state index contributed by atoms with van der Waals surface area (Å²) in [6.07, 6.45) is 6.97. The summed E-state index contributed by atoms with van der Waals surface area (Å²) in [7, 11) is 0. The molecular formula is C82H70B2N4OS. The van der Waals surface area contributed by atoms with Gasteiger partial charge in [-0.3, -0.25) is 0 Å². The normalized spacial score (nSPS) is 15.6. The molecule has 0 saturated carbocycles. The van der Waals surface area contributed by atoms with E-state index < -0.39 is 0 Å². The molecule has 0 fully saturated rings. The molecule has 4 aliphatic heterocycles. The van der Waals surface area contributed by atoms with Gasteiger partial charge >= 0.3 is 0 Å². The molecule has 0 radical (unpaired) electrons. The highest BCUT2D eigenvalue weighted by atomic mass is 32.2. The predicted octanol–water partition coefficient (Wildman–Crippen LogP) is 18.2. The van der Waals surface area contributed by atoms with Gasteiger partial charge in [0.1, 0.15) is 11.5 Å². The van der Waals surface area contributed by atoms with Gasteiger partial charge in [-0.1, -0.05) is 226 Å². The van der Waals surface area contributed by atoms with Crippen molar-refractivity contribution in [3.8, 4) is 22.6 Å². The highest BCUT2D eigenvalue weighted by molar-refractivity contribution is 8.00. The van der Waals surface area contributed by atoms with E-state index in [1.165, 1.54) is 93.1 Å². The molecule has 5 nitrogen and oxygen atoms in total. The van der Waals surface area contributed by atoms with E-state index in [1.54, 1.807) is 0 Å². The van der Waals surface area contributed by atoms with Crippen molar-refractivity contribution in [3.05, 3.63) is 282 Å². The summed E-state index contributed by atoms with van der Waals surface area (Å²) in [5.74, 6) is 2.00. The van der Waals surface area contributed by atoms with Crippen molar-refractivity contribution in [2.75, 3.05) is 19.6 Å². The lowest BCUT2D eigenvalue weighted by molar-refractivity contribution is 0.487.